The first-order valence-electron chi connectivity index (χ1n) is 6.32. The van der Waals surface area contributed by atoms with Gasteiger partial charge in [0.2, 0.25) is 5.91 Å². The Morgan fingerprint density at radius 3 is 2.75 bits per heavy atom. The molecular formula is C14H17NO5. The van der Waals surface area contributed by atoms with Gasteiger partial charge < -0.3 is 19.5 Å². The molecule has 0 aliphatic carbocycles. The number of carbonyl (C=O) groups is 2. The van der Waals surface area contributed by atoms with Crippen molar-refractivity contribution in [3.63, 3.8) is 0 Å². The lowest BCUT2D eigenvalue weighted by Crippen LogP contribution is -2.46. The van der Waals surface area contributed by atoms with Gasteiger partial charge in [-0.05, 0) is 17.7 Å². The SMILES string of the molecule is COc1ccc(CN2CC(CC(=O)O)OCC2=O)cc1. The summed E-state index contributed by atoms with van der Waals surface area (Å²) < 4.78 is 10.3. The number of hydrogen-bond donors (Lipinski definition) is 1. The molecule has 1 aliphatic rings. The number of hydrogen-bond acceptors (Lipinski definition) is 4. The van der Waals surface area contributed by atoms with Crippen LogP contribution < -0.4 is 4.74 Å². The average Bonchev–Trinajstić information content (AvgIpc) is 2.43. The molecule has 108 valence electrons. The second-order valence-corrected chi connectivity index (χ2v) is 4.65. The summed E-state index contributed by atoms with van der Waals surface area (Å²) in [5.41, 5.74) is 0.968. The van der Waals surface area contributed by atoms with Crippen LogP contribution in [-0.4, -0.2) is 48.2 Å². The number of benzene rings is 1. The van der Waals surface area contributed by atoms with Gasteiger partial charge in [-0.15, -0.1) is 0 Å². The molecule has 2 rings (SSSR count). The van der Waals surface area contributed by atoms with E-state index >= 15 is 0 Å². The average molecular weight is 279 g/mol. The summed E-state index contributed by atoms with van der Waals surface area (Å²) in [6.07, 6.45) is -0.532. The highest BCUT2D eigenvalue weighted by Crippen LogP contribution is 2.16. The van der Waals surface area contributed by atoms with Gasteiger partial charge in [0, 0.05) is 13.1 Å². The fourth-order valence-electron chi connectivity index (χ4n) is 2.10. The molecule has 1 fully saturated rings. The highest BCUT2D eigenvalue weighted by molar-refractivity contribution is 5.78. The number of nitrogens with zero attached hydrogens (tertiary/aromatic N) is 1. The number of amides is 1. The van der Waals surface area contributed by atoms with Crippen LogP contribution in [0.15, 0.2) is 24.3 Å². The molecule has 1 aliphatic heterocycles. The molecule has 1 unspecified atom stereocenters. The van der Waals surface area contributed by atoms with E-state index in [1.807, 2.05) is 24.3 Å². The molecule has 1 saturated heterocycles. The number of methoxy groups -OCH3 is 1. The Morgan fingerprint density at radius 1 is 1.45 bits per heavy atom. The van der Waals surface area contributed by atoms with Crippen molar-refractivity contribution in [3.05, 3.63) is 29.8 Å². The van der Waals surface area contributed by atoms with Crippen molar-refractivity contribution in [2.45, 2.75) is 19.1 Å². The number of rotatable bonds is 5. The predicted molar refractivity (Wildman–Crippen MR) is 70.4 cm³/mol. The standard InChI is InChI=1S/C14H17NO5/c1-19-11-4-2-10(3-5-11)7-15-8-12(6-14(17)18)20-9-13(15)16/h2-5,12H,6-9H2,1H3,(H,17,18). The van der Waals surface area contributed by atoms with Crippen molar-refractivity contribution in [2.75, 3.05) is 20.3 Å². The molecule has 1 aromatic rings. The summed E-state index contributed by atoms with van der Waals surface area (Å²) in [5.74, 6) is -0.290. The topological polar surface area (TPSA) is 76.1 Å². The largest absolute Gasteiger partial charge is 0.497 e. The highest BCUT2D eigenvalue weighted by Gasteiger charge is 2.27. The van der Waals surface area contributed by atoms with Crippen molar-refractivity contribution < 1.29 is 24.2 Å². The van der Waals surface area contributed by atoms with Gasteiger partial charge in [-0.3, -0.25) is 9.59 Å². The lowest BCUT2D eigenvalue weighted by molar-refractivity contribution is -0.155. The van der Waals surface area contributed by atoms with Crippen LogP contribution in [0.25, 0.3) is 0 Å². The normalized spacial score (nSPS) is 18.9. The Hall–Kier alpha value is -2.08. The molecule has 0 saturated carbocycles. The molecule has 1 N–H and O–H groups in total. The Labute approximate surface area is 116 Å². The highest BCUT2D eigenvalue weighted by atomic mass is 16.5. The quantitative estimate of drug-likeness (QED) is 0.866. The molecule has 6 heteroatoms. The van der Waals surface area contributed by atoms with E-state index in [9.17, 15) is 9.59 Å². The van der Waals surface area contributed by atoms with Crippen molar-refractivity contribution in [1.82, 2.24) is 4.90 Å². The zero-order valence-corrected chi connectivity index (χ0v) is 11.2. The fraction of sp³-hybridized carbons (Fsp3) is 0.429. The monoisotopic (exact) mass is 279 g/mol. The second kappa shape index (κ2) is 6.38. The summed E-state index contributed by atoms with van der Waals surface area (Å²) >= 11 is 0. The Bertz CT molecular complexity index is 485. The van der Waals surface area contributed by atoms with E-state index in [4.69, 9.17) is 14.6 Å². The van der Waals surface area contributed by atoms with Gasteiger partial charge in [-0.1, -0.05) is 12.1 Å². The van der Waals surface area contributed by atoms with Crippen LogP contribution in [0.5, 0.6) is 5.75 Å². The minimum Gasteiger partial charge on any atom is -0.497 e. The van der Waals surface area contributed by atoms with E-state index in [0.717, 1.165) is 11.3 Å². The van der Waals surface area contributed by atoms with Crippen LogP contribution in [0.3, 0.4) is 0 Å². The van der Waals surface area contributed by atoms with E-state index in [2.05, 4.69) is 0 Å². The molecule has 1 amide bonds. The second-order valence-electron chi connectivity index (χ2n) is 4.65. The maximum Gasteiger partial charge on any atom is 0.306 e. The summed E-state index contributed by atoms with van der Waals surface area (Å²) in [4.78, 5) is 24.1. The van der Waals surface area contributed by atoms with Crippen LogP contribution in [0.2, 0.25) is 0 Å². The van der Waals surface area contributed by atoms with Gasteiger partial charge in [-0.2, -0.15) is 0 Å². The molecule has 0 spiro atoms. The minimum atomic E-state index is -0.922. The maximum atomic E-state index is 11.8. The number of carboxylic acid groups (broad SMARTS) is 1. The van der Waals surface area contributed by atoms with Crippen molar-refractivity contribution in [3.8, 4) is 5.75 Å². The first-order valence-corrected chi connectivity index (χ1v) is 6.32. The first kappa shape index (κ1) is 14.3. The van der Waals surface area contributed by atoms with Gasteiger partial charge >= 0.3 is 5.97 Å². The summed E-state index contributed by atoms with van der Waals surface area (Å²) in [5, 5.41) is 8.77. The smallest absolute Gasteiger partial charge is 0.306 e. The molecule has 0 aromatic heterocycles. The molecule has 20 heavy (non-hydrogen) atoms. The van der Waals surface area contributed by atoms with Crippen LogP contribution >= 0.6 is 0 Å². The van der Waals surface area contributed by atoms with Gasteiger partial charge in [-0.25, -0.2) is 0 Å². The van der Waals surface area contributed by atoms with Crippen molar-refractivity contribution >= 4 is 11.9 Å². The Kier molecular flexibility index (Phi) is 4.57. The third-order valence-corrected chi connectivity index (χ3v) is 3.15. The van der Waals surface area contributed by atoms with Gasteiger partial charge in [0.1, 0.15) is 12.4 Å². The number of ether oxygens (including phenoxy) is 2. The summed E-state index contributed by atoms with van der Waals surface area (Å²) in [7, 11) is 1.59. The Balaban J connectivity index is 1.98. The van der Waals surface area contributed by atoms with E-state index in [-0.39, 0.29) is 18.9 Å². The van der Waals surface area contributed by atoms with Crippen LogP contribution in [0.4, 0.5) is 0 Å². The van der Waals surface area contributed by atoms with Crippen LogP contribution in [-0.2, 0) is 20.9 Å². The molecule has 0 radical (unpaired) electrons. The fourth-order valence-corrected chi connectivity index (χ4v) is 2.10. The number of morpholine rings is 1. The number of carboxylic acids is 1. The van der Waals surface area contributed by atoms with Crippen LogP contribution in [0, 0.1) is 0 Å². The zero-order chi connectivity index (χ0) is 14.5. The van der Waals surface area contributed by atoms with Crippen molar-refractivity contribution in [1.29, 1.82) is 0 Å². The lowest BCUT2D eigenvalue weighted by Gasteiger charge is -2.32. The minimum absolute atomic E-state index is 0.0614. The molecule has 1 heterocycles. The zero-order valence-electron chi connectivity index (χ0n) is 11.2. The third-order valence-electron chi connectivity index (χ3n) is 3.15. The molecule has 1 aromatic carbocycles. The van der Waals surface area contributed by atoms with Gasteiger partial charge in [0.15, 0.2) is 0 Å². The molecule has 0 bridgehead atoms. The van der Waals surface area contributed by atoms with Gasteiger partial charge in [0.05, 0.1) is 19.6 Å². The van der Waals surface area contributed by atoms with E-state index in [1.165, 1.54) is 0 Å². The maximum absolute atomic E-state index is 11.8. The third kappa shape index (κ3) is 3.71. The van der Waals surface area contributed by atoms with Gasteiger partial charge in [0.25, 0.3) is 0 Å². The van der Waals surface area contributed by atoms with E-state index in [1.54, 1.807) is 12.0 Å². The summed E-state index contributed by atoms with van der Waals surface area (Å²) in [6, 6.07) is 7.42. The Morgan fingerprint density at radius 2 is 2.15 bits per heavy atom. The summed E-state index contributed by atoms with van der Waals surface area (Å²) in [6.45, 7) is 0.688. The predicted octanol–water partition coefficient (Wildman–Crippen LogP) is 0.897. The van der Waals surface area contributed by atoms with E-state index < -0.39 is 12.1 Å². The van der Waals surface area contributed by atoms with Crippen LogP contribution in [0.1, 0.15) is 12.0 Å². The first-order chi connectivity index (χ1) is 9.58. The molecular weight excluding hydrogens is 262 g/mol. The molecule has 6 nitrogen and oxygen atoms in total. The number of carbonyl (C=O) groups excluding carboxylic acids is 1. The lowest BCUT2D eigenvalue weighted by atomic mass is 10.1. The van der Waals surface area contributed by atoms with E-state index in [0.29, 0.717) is 13.1 Å². The number of aliphatic carboxylic acids is 1. The molecule has 1 atom stereocenters. The van der Waals surface area contributed by atoms with Crippen molar-refractivity contribution in [2.24, 2.45) is 0 Å².